The molecule has 1 N–H and O–H groups in total. The maximum atomic E-state index is 4.56. The molecule has 3 aromatic rings. The Morgan fingerprint density at radius 3 is 2.57 bits per heavy atom. The van der Waals surface area contributed by atoms with Crippen molar-refractivity contribution in [3.05, 3.63) is 48.0 Å². The highest BCUT2D eigenvalue weighted by Crippen LogP contribution is 2.30. The number of hydrogen-bond acceptors (Lipinski definition) is 5. The Labute approximate surface area is 137 Å². The number of thiazole rings is 1. The lowest BCUT2D eigenvalue weighted by molar-refractivity contribution is 1.14. The first-order chi connectivity index (χ1) is 10.3. The topological polar surface area (TPSA) is 24.9 Å². The van der Waals surface area contributed by atoms with Gasteiger partial charge in [0, 0.05) is 17.1 Å². The van der Waals surface area contributed by atoms with Gasteiger partial charge in [0.15, 0.2) is 4.34 Å². The molecule has 0 bridgehead atoms. The van der Waals surface area contributed by atoms with E-state index in [4.69, 9.17) is 0 Å². The summed E-state index contributed by atoms with van der Waals surface area (Å²) >= 11 is 5.22. The monoisotopic (exact) mass is 332 g/mol. The number of nitrogens with zero attached hydrogens (tertiary/aromatic N) is 1. The molecule has 21 heavy (non-hydrogen) atoms. The van der Waals surface area contributed by atoms with E-state index in [-0.39, 0.29) is 0 Å². The minimum absolute atomic E-state index is 0.842. The molecule has 0 aliphatic carbocycles. The molecule has 0 saturated carbocycles. The quantitative estimate of drug-likeness (QED) is 0.636. The van der Waals surface area contributed by atoms with Crippen LogP contribution in [0, 0.1) is 0 Å². The third-order valence-electron chi connectivity index (χ3n) is 3.20. The second-order valence-corrected chi connectivity index (χ2v) is 7.53. The Balaban J connectivity index is 1.71. The van der Waals surface area contributed by atoms with Crippen molar-refractivity contribution < 1.29 is 0 Å². The smallest absolute Gasteiger partial charge is 0.150 e. The fraction of sp³-hybridized carbons (Fsp3) is 0.188. The average Bonchev–Trinajstić information content (AvgIpc) is 2.95. The maximum absolute atomic E-state index is 4.56. The van der Waals surface area contributed by atoms with Crippen LogP contribution in [0.5, 0.6) is 0 Å². The third-order valence-corrected chi connectivity index (χ3v) is 5.95. The maximum Gasteiger partial charge on any atom is 0.150 e. The first kappa shape index (κ1) is 14.8. The summed E-state index contributed by atoms with van der Waals surface area (Å²) in [6.07, 6.45) is 4.16. The lowest BCUT2D eigenvalue weighted by atomic mass is 10.2. The van der Waals surface area contributed by atoms with E-state index in [0.29, 0.717) is 0 Å². The summed E-state index contributed by atoms with van der Waals surface area (Å²) in [4.78, 5) is 5.86. The van der Waals surface area contributed by atoms with Crippen LogP contribution in [0.25, 0.3) is 10.2 Å². The zero-order valence-electron chi connectivity index (χ0n) is 11.9. The Bertz CT molecular complexity index is 735. The van der Waals surface area contributed by atoms with E-state index >= 15 is 0 Å². The van der Waals surface area contributed by atoms with Crippen molar-refractivity contribution in [1.29, 1.82) is 0 Å². The van der Waals surface area contributed by atoms with Gasteiger partial charge in [0.1, 0.15) is 0 Å². The van der Waals surface area contributed by atoms with E-state index in [1.165, 1.54) is 15.2 Å². The highest BCUT2D eigenvalue weighted by atomic mass is 32.2. The van der Waals surface area contributed by atoms with Gasteiger partial charge in [0.05, 0.1) is 10.2 Å². The van der Waals surface area contributed by atoms with Crippen molar-refractivity contribution in [2.75, 3.05) is 17.8 Å². The van der Waals surface area contributed by atoms with Gasteiger partial charge in [0.2, 0.25) is 0 Å². The summed E-state index contributed by atoms with van der Waals surface area (Å²) in [6.45, 7) is 0.842. The van der Waals surface area contributed by atoms with Gasteiger partial charge in [-0.1, -0.05) is 23.9 Å². The third kappa shape index (κ3) is 3.54. The molecule has 108 valence electrons. The van der Waals surface area contributed by atoms with Gasteiger partial charge in [-0.2, -0.15) is 0 Å². The number of fused-ring (bicyclic) bond motifs is 1. The van der Waals surface area contributed by atoms with Gasteiger partial charge in [-0.05, 0) is 48.4 Å². The van der Waals surface area contributed by atoms with Crippen molar-refractivity contribution in [1.82, 2.24) is 4.98 Å². The molecule has 5 heteroatoms. The standard InChI is InChI=1S/C16H16N2S3/c1-19-13-6-3-11(4-7-13)10-17-12-5-8-14-15(9-12)21-16(18-14)20-2/h3-9,17H,10H2,1-2H3. The molecule has 3 rings (SSSR count). The zero-order valence-corrected chi connectivity index (χ0v) is 14.4. The van der Waals surface area contributed by atoms with Crippen LogP contribution in [0.4, 0.5) is 5.69 Å². The fourth-order valence-electron chi connectivity index (χ4n) is 2.05. The predicted molar refractivity (Wildman–Crippen MR) is 97.0 cm³/mol. The van der Waals surface area contributed by atoms with E-state index in [0.717, 1.165) is 22.1 Å². The minimum atomic E-state index is 0.842. The van der Waals surface area contributed by atoms with Crippen molar-refractivity contribution in [3.63, 3.8) is 0 Å². The van der Waals surface area contributed by atoms with Crippen molar-refractivity contribution >= 4 is 50.8 Å². The summed E-state index contributed by atoms with van der Waals surface area (Å²) in [7, 11) is 0. The Morgan fingerprint density at radius 1 is 1.05 bits per heavy atom. The molecule has 1 heterocycles. The molecule has 0 atom stereocenters. The van der Waals surface area contributed by atoms with E-state index in [1.54, 1.807) is 34.9 Å². The van der Waals surface area contributed by atoms with Crippen LogP contribution >= 0.6 is 34.9 Å². The molecule has 0 aliphatic heterocycles. The summed E-state index contributed by atoms with van der Waals surface area (Å²) in [5, 5.41) is 3.48. The first-order valence-electron chi connectivity index (χ1n) is 6.60. The molecule has 2 nitrogen and oxygen atoms in total. The average molecular weight is 333 g/mol. The molecule has 0 radical (unpaired) electrons. The van der Waals surface area contributed by atoms with E-state index < -0.39 is 0 Å². The Hall–Kier alpha value is -1.17. The molecule has 0 unspecified atom stereocenters. The molecule has 2 aromatic carbocycles. The summed E-state index contributed by atoms with van der Waals surface area (Å²) < 4.78 is 2.36. The van der Waals surface area contributed by atoms with Crippen LogP contribution in [-0.4, -0.2) is 17.5 Å². The molecular weight excluding hydrogens is 316 g/mol. The van der Waals surface area contributed by atoms with Gasteiger partial charge in [-0.15, -0.1) is 23.1 Å². The van der Waals surface area contributed by atoms with Crippen molar-refractivity contribution in [2.45, 2.75) is 15.8 Å². The van der Waals surface area contributed by atoms with Gasteiger partial charge < -0.3 is 5.32 Å². The van der Waals surface area contributed by atoms with Crippen LogP contribution in [0.1, 0.15) is 5.56 Å². The fourth-order valence-corrected chi connectivity index (χ4v) is 3.99. The normalized spacial score (nSPS) is 11.0. The molecule has 0 spiro atoms. The van der Waals surface area contributed by atoms with Gasteiger partial charge in [-0.25, -0.2) is 4.98 Å². The number of rotatable bonds is 5. The zero-order chi connectivity index (χ0) is 14.7. The van der Waals surface area contributed by atoms with Gasteiger partial charge in [0.25, 0.3) is 0 Å². The van der Waals surface area contributed by atoms with E-state index in [9.17, 15) is 0 Å². The van der Waals surface area contributed by atoms with Crippen LogP contribution in [0.3, 0.4) is 0 Å². The van der Waals surface area contributed by atoms with Gasteiger partial charge >= 0.3 is 0 Å². The van der Waals surface area contributed by atoms with E-state index in [1.807, 2.05) is 0 Å². The molecule has 0 fully saturated rings. The Morgan fingerprint density at radius 2 is 1.86 bits per heavy atom. The highest BCUT2D eigenvalue weighted by molar-refractivity contribution is 8.00. The van der Waals surface area contributed by atoms with Gasteiger partial charge in [-0.3, -0.25) is 0 Å². The second kappa shape index (κ2) is 6.73. The minimum Gasteiger partial charge on any atom is -0.381 e. The number of aromatic nitrogens is 1. The molecule has 1 aromatic heterocycles. The molecule has 0 saturated heterocycles. The molecule has 0 aliphatic rings. The number of anilines is 1. The molecule has 0 amide bonds. The number of hydrogen-bond donors (Lipinski definition) is 1. The van der Waals surface area contributed by atoms with E-state index in [2.05, 4.69) is 65.3 Å². The second-order valence-electron chi connectivity index (χ2n) is 4.57. The largest absolute Gasteiger partial charge is 0.381 e. The number of thioether (sulfide) groups is 2. The van der Waals surface area contributed by atoms with Crippen molar-refractivity contribution in [2.24, 2.45) is 0 Å². The first-order valence-corrected chi connectivity index (χ1v) is 9.86. The molecular formula is C16H16N2S3. The lowest BCUT2D eigenvalue weighted by Crippen LogP contribution is -1.98. The van der Waals surface area contributed by atoms with Crippen LogP contribution in [-0.2, 0) is 6.54 Å². The number of nitrogens with one attached hydrogen (secondary N) is 1. The predicted octanol–water partition coefficient (Wildman–Crippen LogP) is 5.35. The highest BCUT2D eigenvalue weighted by Gasteiger charge is 2.03. The summed E-state index contributed by atoms with van der Waals surface area (Å²) in [6, 6.07) is 15.1. The van der Waals surface area contributed by atoms with Crippen LogP contribution in [0.15, 0.2) is 51.7 Å². The SMILES string of the molecule is CSc1ccc(CNc2ccc3nc(SC)sc3c2)cc1. The number of benzene rings is 2. The van der Waals surface area contributed by atoms with Crippen LogP contribution in [0.2, 0.25) is 0 Å². The summed E-state index contributed by atoms with van der Waals surface area (Å²) in [5.74, 6) is 0. The summed E-state index contributed by atoms with van der Waals surface area (Å²) in [5.41, 5.74) is 3.52. The lowest BCUT2D eigenvalue weighted by Gasteiger charge is -2.07. The van der Waals surface area contributed by atoms with Crippen molar-refractivity contribution in [3.8, 4) is 0 Å². The van der Waals surface area contributed by atoms with Crippen LogP contribution < -0.4 is 5.32 Å². The Kier molecular flexibility index (Phi) is 4.73.